The molecule has 182 valence electrons. The molecule has 0 aliphatic carbocycles. The van der Waals surface area contributed by atoms with Gasteiger partial charge in [0.25, 0.3) is 5.56 Å². The fraction of sp³-hybridized carbons (Fsp3) is 0.267. The number of ether oxygens (including phenoxy) is 1. The lowest BCUT2D eigenvalue weighted by Gasteiger charge is -2.26. The standard InChI is InChI=1S/C30H28N2O2S2/c1-18(2)25-15-24-26(16-34-25)36-28-27(24)29(33)32(23-10-6-7-19(3)13-23)30(31-28)35-17-20-11-12-21-8-4-5-9-22(21)14-20/h4-14,18,25H,15-17H2,1-3H3/t25-/m0/s1. The minimum absolute atomic E-state index is 0.0218. The minimum atomic E-state index is 0.0218. The molecule has 0 bridgehead atoms. The Kier molecular flexibility index (Phi) is 6.20. The van der Waals surface area contributed by atoms with E-state index < -0.39 is 0 Å². The summed E-state index contributed by atoms with van der Waals surface area (Å²) in [6.07, 6.45) is 0.894. The van der Waals surface area contributed by atoms with Crippen LogP contribution < -0.4 is 5.56 Å². The van der Waals surface area contributed by atoms with Crippen molar-refractivity contribution < 1.29 is 4.74 Å². The SMILES string of the molecule is Cc1cccc(-n2c(SCc3ccc4ccccc4c3)nc3sc4c(c3c2=O)C[C@@H](C(C)C)OC4)c1. The van der Waals surface area contributed by atoms with Crippen LogP contribution in [-0.4, -0.2) is 15.7 Å². The Morgan fingerprint density at radius 3 is 2.72 bits per heavy atom. The quantitative estimate of drug-likeness (QED) is 0.183. The van der Waals surface area contributed by atoms with Gasteiger partial charge < -0.3 is 4.74 Å². The van der Waals surface area contributed by atoms with E-state index in [2.05, 4.69) is 75.4 Å². The van der Waals surface area contributed by atoms with Gasteiger partial charge in [0.05, 0.1) is 23.8 Å². The number of aryl methyl sites for hydroxylation is 1. The highest BCUT2D eigenvalue weighted by Gasteiger charge is 2.28. The molecule has 1 atom stereocenters. The number of nitrogens with zero attached hydrogens (tertiary/aromatic N) is 2. The number of rotatable bonds is 5. The highest BCUT2D eigenvalue weighted by molar-refractivity contribution is 7.98. The van der Waals surface area contributed by atoms with Crippen molar-refractivity contribution in [2.24, 2.45) is 5.92 Å². The molecule has 1 aliphatic heterocycles. The molecule has 0 unspecified atom stereocenters. The monoisotopic (exact) mass is 512 g/mol. The summed E-state index contributed by atoms with van der Waals surface area (Å²) in [7, 11) is 0. The fourth-order valence-corrected chi connectivity index (χ4v) is 7.02. The van der Waals surface area contributed by atoms with E-state index in [4.69, 9.17) is 9.72 Å². The van der Waals surface area contributed by atoms with E-state index in [0.29, 0.717) is 12.5 Å². The fourth-order valence-electron chi connectivity index (χ4n) is 4.90. The van der Waals surface area contributed by atoms with Crippen LogP contribution in [0.1, 0.15) is 35.4 Å². The van der Waals surface area contributed by atoms with Crippen LogP contribution >= 0.6 is 23.1 Å². The summed E-state index contributed by atoms with van der Waals surface area (Å²) < 4.78 is 7.92. The molecule has 0 saturated heterocycles. The molecule has 4 nitrogen and oxygen atoms in total. The first-order valence-electron chi connectivity index (χ1n) is 12.3. The first-order chi connectivity index (χ1) is 17.5. The van der Waals surface area contributed by atoms with Crippen LogP contribution in [0.5, 0.6) is 0 Å². The molecule has 3 heterocycles. The molecule has 3 aromatic carbocycles. The largest absolute Gasteiger partial charge is 0.372 e. The lowest BCUT2D eigenvalue weighted by molar-refractivity contribution is 0.00200. The summed E-state index contributed by atoms with van der Waals surface area (Å²) in [6, 6.07) is 23.1. The van der Waals surface area contributed by atoms with Crippen LogP contribution in [0.2, 0.25) is 0 Å². The van der Waals surface area contributed by atoms with Gasteiger partial charge in [-0.05, 0) is 52.4 Å². The van der Waals surface area contributed by atoms with Gasteiger partial charge >= 0.3 is 0 Å². The predicted molar refractivity (Wildman–Crippen MR) is 151 cm³/mol. The molecule has 0 saturated carbocycles. The maximum absolute atomic E-state index is 14.1. The van der Waals surface area contributed by atoms with E-state index in [1.807, 2.05) is 16.7 Å². The number of aromatic nitrogens is 2. The maximum Gasteiger partial charge on any atom is 0.267 e. The number of hydrogen-bond acceptors (Lipinski definition) is 5. The molecular weight excluding hydrogens is 484 g/mol. The maximum atomic E-state index is 14.1. The van der Waals surface area contributed by atoms with Gasteiger partial charge in [-0.15, -0.1) is 11.3 Å². The van der Waals surface area contributed by atoms with Gasteiger partial charge in [-0.2, -0.15) is 0 Å². The predicted octanol–water partition coefficient (Wildman–Crippen LogP) is 7.30. The molecule has 0 amide bonds. The Hall–Kier alpha value is -2.93. The Labute approximate surface area is 219 Å². The number of hydrogen-bond donors (Lipinski definition) is 0. The van der Waals surface area contributed by atoms with Crippen molar-refractivity contribution in [3.63, 3.8) is 0 Å². The van der Waals surface area contributed by atoms with E-state index in [1.165, 1.54) is 16.3 Å². The average Bonchev–Trinajstić information content (AvgIpc) is 3.25. The summed E-state index contributed by atoms with van der Waals surface area (Å²) in [5, 5.41) is 3.95. The summed E-state index contributed by atoms with van der Waals surface area (Å²) >= 11 is 3.23. The van der Waals surface area contributed by atoms with Crippen molar-refractivity contribution >= 4 is 44.1 Å². The molecule has 0 radical (unpaired) electrons. The average molecular weight is 513 g/mol. The number of fused-ring (bicyclic) bond motifs is 4. The van der Waals surface area contributed by atoms with E-state index in [9.17, 15) is 4.79 Å². The minimum Gasteiger partial charge on any atom is -0.372 e. The molecule has 5 aromatic rings. The number of thioether (sulfide) groups is 1. The van der Waals surface area contributed by atoms with Crippen LogP contribution in [0.15, 0.2) is 76.7 Å². The van der Waals surface area contributed by atoms with Crippen molar-refractivity contribution in [1.82, 2.24) is 9.55 Å². The number of benzene rings is 3. The number of thiophene rings is 1. The second-order valence-corrected chi connectivity index (χ2v) is 11.9. The lowest BCUT2D eigenvalue weighted by atomic mass is 9.96. The zero-order valence-corrected chi connectivity index (χ0v) is 22.3. The van der Waals surface area contributed by atoms with E-state index in [0.717, 1.165) is 49.2 Å². The van der Waals surface area contributed by atoms with Crippen molar-refractivity contribution in [2.75, 3.05) is 0 Å². The van der Waals surface area contributed by atoms with Gasteiger partial charge in [-0.3, -0.25) is 9.36 Å². The second kappa shape index (κ2) is 9.51. The Morgan fingerprint density at radius 2 is 1.92 bits per heavy atom. The van der Waals surface area contributed by atoms with Crippen LogP contribution in [0.4, 0.5) is 0 Å². The van der Waals surface area contributed by atoms with Gasteiger partial charge in [0.1, 0.15) is 4.83 Å². The van der Waals surface area contributed by atoms with Crippen LogP contribution in [-0.2, 0) is 23.5 Å². The summed E-state index contributed by atoms with van der Waals surface area (Å²) in [6.45, 7) is 6.96. The van der Waals surface area contributed by atoms with Gasteiger partial charge in [0.15, 0.2) is 5.16 Å². The topological polar surface area (TPSA) is 44.1 Å². The van der Waals surface area contributed by atoms with Crippen molar-refractivity contribution in [2.45, 2.75) is 50.8 Å². The summed E-state index contributed by atoms with van der Waals surface area (Å²) in [5.41, 5.74) is 4.34. The van der Waals surface area contributed by atoms with Crippen molar-refractivity contribution in [3.05, 3.63) is 98.7 Å². The highest BCUT2D eigenvalue weighted by atomic mass is 32.2. The first kappa shape index (κ1) is 23.5. The van der Waals surface area contributed by atoms with Gasteiger partial charge in [-0.1, -0.05) is 80.2 Å². The van der Waals surface area contributed by atoms with Crippen molar-refractivity contribution in [3.8, 4) is 5.69 Å². The van der Waals surface area contributed by atoms with Crippen molar-refractivity contribution in [1.29, 1.82) is 0 Å². The van der Waals surface area contributed by atoms with Gasteiger partial charge in [0.2, 0.25) is 0 Å². The summed E-state index contributed by atoms with van der Waals surface area (Å²) in [4.78, 5) is 21.2. The van der Waals surface area contributed by atoms with Gasteiger partial charge in [-0.25, -0.2) is 4.98 Å². The van der Waals surface area contributed by atoms with E-state index in [1.54, 1.807) is 23.1 Å². The molecule has 6 heteroatoms. The third-order valence-corrected chi connectivity index (χ3v) is 9.01. The molecular formula is C30H28N2O2S2. The van der Waals surface area contributed by atoms with Crippen LogP contribution in [0, 0.1) is 12.8 Å². The molecule has 1 aliphatic rings. The smallest absolute Gasteiger partial charge is 0.267 e. The Bertz CT molecular complexity index is 1650. The zero-order valence-electron chi connectivity index (χ0n) is 20.7. The zero-order chi connectivity index (χ0) is 24.8. The normalized spacial score (nSPS) is 15.6. The third kappa shape index (κ3) is 4.27. The summed E-state index contributed by atoms with van der Waals surface area (Å²) in [5.74, 6) is 1.13. The first-order valence-corrected chi connectivity index (χ1v) is 14.1. The second-order valence-electron chi connectivity index (χ2n) is 9.83. The Morgan fingerprint density at radius 1 is 1.08 bits per heavy atom. The third-order valence-electron chi connectivity index (χ3n) is 6.90. The van der Waals surface area contributed by atoms with E-state index in [-0.39, 0.29) is 11.7 Å². The van der Waals surface area contributed by atoms with Crippen LogP contribution in [0.25, 0.3) is 26.7 Å². The van der Waals surface area contributed by atoms with E-state index >= 15 is 0 Å². The molecule has 0 fully saturated rings. The molecule has 36 heavy (non-hydrogen) atoms. The Balaban J connectivity index is 1.46. The van der Waals surface area contributed by atoms with Crippen LogP contribution in [0.3, 0.4) is 0 Å². The molecule has 2 aromatic heterocycles. The molecule has 6 rings (SSSR count). The molecule has 0 spiro atoms. The lowest BCUT2D eigenvalue weighted by Crippen LogP contribution is -2.28. The molecule has 0 N–H and O–H groups in total. The van der Waals surface area contributed by atoms with Gasteiger partial charge in [0, 0.05) is 17.1 Å². The highest BCUT2D eigenvalue weighted by Crippen LogP contribution is 2.37.